The zero-order valence-corrected chi connectivity index (χ0v) is 14.1. The molecule has 24 heavy (non-hydrogen) atoms. The molecule has 2 aromatic carbocycles. The molecule has 0 aliphatic carbocycles. The number of ether oxygens (including phenoxy) is 4. The number of hydrogen-bond acceptors (Lipinski definition) is 5. The highest BCUT2D eigenvalue weighted by Gasteiger charge is 2.48. The summed E-state index contributed by atoms with van der Waals surface area (Å²) in [5, 5.41) is 9.72. The predicted octanol–water partition coefficient (Wildman–Crippen LogP) is 3.24. The first-order valence-electron chi connectivity index (χ1n) is 7.95. The minimum absolute atomic E-state index is 0.210. The second-order valence-electron chi connectivity index (χ2n) is 5.64. The van der Waals surface area contributed by atoms with E-state index in [-0.39, 0.29) is 11.9 Å². The van der Waals surface area contributed by atoms with Crippen LogP contribution in [0.1, 0.15) is 18.1 Å². The van der Waals surface area contributed by atoms with Crippen LogP contribution in [0.3, 0.4) is 0 Å². The van der Waals surface area contributed by atoms with Crippen LogP contribution in [0.25, 0.3) is 0 Å². The van der Waals surface area contributed by atoms with Crippen molar-refractivity contribution < 1.29 is 24.1 Å². The van der Waals surface area contributed by atoms with E-state index < -0.39 is 5.79 Å². The lowest BCUT2D eigenvalue weighted by Gasteiger charge is -2.43. The predicted molar refractivity (Wildman–Crippen MR) is 89.5 cm³/mol. The second-order valence-corrected chi connectivity index (χ2v) is 5.64. The molecule has 1 aliphatic heterocycles. The lowest BCUT2D eigenvalue weighted by molar-refractivity contribution is -0.252. The van der Waals surface area contributed by atoms with Crippen LogP contribution < -0.4 is 9.47 Å². The van der Waals surface area contributed by atoms with E-state index in [1.807, 2.05) is 31.2 Å². The summed E-state index contributed by atoms with van der Waals surface area (Å²) in [7, 11) is 3.24. The molecule has 1 heterocycles. The molecule has 0 fully saturated rings. The number of phenols is 1. The number of phenolic OH excluding ortho intramolecular Hbond substituents is 1. The standard InChI is InChI=1S/C19H22O5/c1-4-23-18-12-13-11-15(20)7-10-17(13)24-19(18,22-3)14-5-8-16(21-2)9-6-14/h5-11,18,20H,4,12H2,1-3H3. The van der Waals surface area contributed by atoms with Crippen LogP contribution in [0.4, 0.5) is 0 Å². The Hall–Kier alpha value is -2.24. The number of fused-ring (bicyclic) bond motifs is 1. The van der Waals surface area contributed by atoms with Gasteiger partial charge in [0.2, 0.25) is 0 Å². The van der Waals surface area contributed by atoms with Crippen LogP contribution in [-0.2, 0) is 21.7 Å². The summed E-state index contributed by atoms with van der Waals surface area (Å²) >= 11 is 0. The first kappa shape index (κ1) is 16.6. The maximum atomic E-state index is 9.72. The van der Waals surface area contributed by atoms with Gasteiger partial charge in [-0.1, -0.05) is 0 Å². The Morgan fingerprint density at radius 1 is 1.17 bits per heavy atom. The highest BCUT2D eigenvalue weighted by molar-refractivity contribution is 5.44. The van der Waals surface area contributed by atoms with Gasteiger partial charge in [0.15, 0.2) is 0 Å². The van der Waals surface area contributed by atoms with E-state index >= 15 is 0 Å². The molecule has 0 aromatic heterocycles. The molecular weight excluding hydrogens is 308 g/mol. The van der Waals surface area contributed by atoms with Gasteiger partial charge in [-0.15, -0.1) is 0 Å². The fourth-order valence-corrected chi connectivity index (χ4v) is 3.12. The van der Waals surface area contributed by atoms with Gasteiger partial charge in [-0.2, -0.15) is 0 Å². The Labute approximate surface area is 141 Å². The number of rotatable bonds is 5. The summed E-state index contributed by atoms with van der Waals surface area (Å²) in [5.74, 6) is 0.606. The molecule has 1 N–H and O–H groups in total. The fraction of sp³-hybridized carbons (Fsp3) is 0.368. The van der Waals surface area contributed by atoms with Crippen molar-refractivity contribution in [1.82, 2.24) is 0 Å². The smallest absolute Gasteiger partial charge is 0.263 e. The molecule has 2 atom stereocenters. The zero-order valence-electron chi connectivity index (χ0n) is 14.1. The summed E-state index contributed by atoms with van der Waals surface area (Å²) in [6.07, 6.45) is 0.243. The zero-order chi connectivity index (χ0) is 17.2. The molecule has 128 valence electrons. The molecule has 5 nitrogen and oxygen atoms in total. The average Bonchev–Trinajstić information content (AvgIpc) is 2.61. The van der Waals surface area contributed by atoms with Crippen molar-refractivity contribution in [2.45, 2.75) is 25.2 Å². The fourth-order valence-electron chi connectivity index (χ4n) is 3.12. The van der Waals surface area contributed by atoms with Gasteiger partial charge in [0.05, 0.1) is 7.11 Å². The minimum Gasteiger partial charge on any atom is -0.508 e. The molecule has 0 spiro atoms. The van der Waals surface area contributed by atoms with Crippen molar-refractivity contribution >= 4 is 0 Å². The summed E-state index contributed by atoms with van der Waals surface area (Å²) in [6, 6.07) is 12.6. The Bertz CT molecular complexity index is 697. The van der Waals surface area contributed by atoms with Gasteiger partial charge in [-0.25, -0.2) is 0 Å². The second kappa shape index (κ2) is 6.71. The summed E-state index contributed by atoms with van der Waals surface area (Å²) < 4.78 is 23.3. The molecule has 2 unspecified atom stereocenters. The minimum atomic E-state index is -1.05. The topological polar surface area (TPSA) is 57.2 Å². The monoisotopic (exact) mass is 330 g/mol. The molecule has 0 amide bonds. The van der Waals surface area contributed by atoms with Crippen LogP contribution in [0, 0.1) is 0 Å². The maximum Gasteiger partial charge on any atom is 0.263 e. The van der Waals surface area contributed by atoms with E-state index in [0.29, 0.717) is 18.8 Å². The van der Waals surface area contributed by atoms with E-state index in [1.54, 1.807) is 32.4 Å². The summed E-state index contributed by atoms with van der Waals surface area (Å²) in [6.45, 7) is 2.47. The van der Waals surface area contributed by atoms with Crippen LogP contribution in [0.15, 0.2) is 42.5 Å². The third kappa shape index (κ3) is 2.81. The molecule has 5 heteroatoms. The van der Waals surface area contributed by atoms with E-state index in [1.165, 1.54) is 0 Å². The van der Waals surface area contributed by atoms with Crippen LogP contribution in [0.5, 0.6) is 17.2 Å². The van der Waals surface area contributed by atoms with E-state index in [2.05, 4.69) is 0 Å². The molecular formula is C19H22O5. The third-order valence-electron chi connectivity index (χ3n) is 4.30. The quantitative estimate of drug-likeness (QED) is 0.912. The van der Waals surface area contributed by atoms with Crippen molar-refractivity contribution in [1.29, 1.82) is 0 Å². The first-order valence-corrected chi connectivity index (χ1v) is 7.95. The Morgan fingerprint density at radius 2 is 1.92 bits per heavy atom. The van der Waals surface area contributed by atoms with Crippen molar-refractivity contribution in [3.63, 3.8) is 0 Å². The largest absolute Gasteiger partial charge is 0.508 e. The molecule has 0 saturated carbocycles. The van der Waals surface area contributed by atoms with Crippen molar-refractivity contribution in [3.05, 3.63) is 53.6 Å². The van der Waals surface area contributed by atoms with Gasteiger partial charge in [0.25, 0.3) is 5.79 Å². The van der Waals surface area contributed by atoms with E-state index in [9.17, 15) is 5.11 Å². The molecule has 0 bridgehead atoms. The highest BCUT2D eigenvalue weighted by Crippen LogP contribution is 2.43. The van der Waals surface area contributed by atoms with Gasteiger partial charge in [0.1, 0.15) is 23.4 Å². The number of methoxy groups -OCH3 is 2. The molecule has 0 radical (unpaired) electrons. The van der Waals surface area contributed by atoms with Crippen LogP contribution in [-0.4, -0.2) is 32.0 Å². The summed E-state index contributed by atoms with van der Waals surface area (Å²) in [5.41, 5.74) is 1.75. The Balaban J connectivity index is 2.06. The highest BCUT2D eigenvalue weighted by atomic mass is 16.7. The van der Waals surface area contributed by atoms with Gasteiger partial charge in [-0.3, -0.25) is 0 Å². The SMILES string of the molecule is CCOC1Cc2cc(O)ccc2OC1(OC)c1ccc(OC)cc1. The molecule has 1 aliphatic rings. The molecule has 0 saturated heterocycles. The van der Waals surface area contributed by atoms with E-state index in [4.69, 9.17) is 18.9 Å². The third-order valence-corrected chi connectivity index (χ3v) is 4.30. The Morgan fingerprint density at radius 3 is 2.54 bits per heavy atom. The lowest BCUT2D eigenvalue weighted by atomic mass is 9.91. The summed E-state index contributed by atoms with van der Waals surface area (Å²) in [4.78, 5) is 0. The average molecular weight is 330 g/mol. The van der Waals surface area contributed by atoms with Crippen molar-refractivity contribution in [2.24, 2.45) is 0 Å². The molecule has 3 rings (SSSR count). The lowest BCUT2D eigenvalue weighted by Crippen LogP contribution is -2.51. The normalized spacial score (nSPS) is 22.5. The van der Waals surface area contributed by atoms with E-state index in [0.717, 1.165) is 16.9 Å². The number of hydrogen-bond donors (Lipinski definition) is 1. The van der Waals surface area contributed by atoms with Crippen molar-refractivity contribution in [2.75, 3.05) is 20.8 Å². The maximum absolute atomic E-state index is 9.72. The number of benzene rings is 2. The van der Waals surface area contributed by atoms with Crippen LogP contribution in [0.2, 0.25) is 0 Å². The Kier molecular flexibility index (Phi) is 4.64. The molecule has 2 aromatic rings. The number of aromatic hydroxyl groups is 1. The first-order chi connectivity index (χ1) is 11.6. The van der Waals surface area contributed by atoms with Gasteiger partial charge in [-0.05, 0) is 49.4 Å². The van der Waals surface area contributed by atoms with Gasteiger partial charge in [0, 0.05) is 31.3 Å². The van der Waals surface area contributed by atoms with Crippen molar-refractivity contribution in [3.8, 4) is 17.2 Å². The van der Waals surface area contributed by atoms with Gasteiger partial charge < -0.3 is 24.1 Å². The van der Waals surface area contributed by atoms with Gasteiger partial charge >= 0.3 is 0 Å². The van der Waals surface area contributed by atoms with Crippen LogP contribution >= 0.6 is 0 Å².